The van der Waals surface area contributed by atoms with Crippen LogP contribution in [0.5, 0.6) is 11.5 Å². The van der Waals surface area contributed by atoms with E-state index in [-0.39, 0.29) is 0 Å². The first-order valence-corrected chi connectivity index (χ1v) is 7.48. The Balaban J connectivity index is 1.71. The lowest BCUT2D eigenvalue weighted by atomic mass is 10.1. The lowest BCUT2D eigenvalue weighted by molar-refractivity contribution is 0.174. The second-order valence-electron chi connectivity index (χ2n) is 5.08. The molecule has 3 rings (SSSR count). The van der Waals surface area contributed by atoms with Crippen LogP contribution >= 0.6 is 11.6 Å². The zero-order valence-corrected chi connectivity index (χ0v) is 12.8. The molecule has 0 aromatic heterocycles. The van der Waals surface area contributed by atoms with E-state index in [0.29, 0.717) is 6.79 Å². The number of halogens is 1. The number of benzene rings is 2. The highest BCUT2D eigenvalue weighted by molar-refractivity contribution is 6.31. The van der Waals surface area contributed by atoms with E-state index < -0.39 is 0 Å². The summed E-state index contributed by atoms with van der Waals surface area (Å²) >= 11 is 6.24. The summed E-state index contributed by atoms with van der Waals surface area (Å²) in [5.74, 6) is 1.66. The molecule has 4 heteroatoms. The molecule has 0 aliphatic carbocycles. The summed E-state index contributed by atoms with van der Waals surface area (Å²) in [5.41, 5.74) is 2.37. The fourth-order valence-electron chi connectivity index (χ4n) is 2.44. The standard InChI is InChI=1S/C17H18ClNO2/c1-2-19(11-14-5-3-4-6-15(14)18)10-13-7-8-16-17(9-13)21-12-20-16/h3-9H,2,10-12H2,1H3. The Labute approximate surface area is 130 Å². The van der Waals surface area contributed by atoms with E-state index in [0.717, 1.165) is 41.7 Å². The van der Waals surface area contributed by atoms with Gasteiger partial charge in [0.1, 0.15) is 0 Å². The topological polar surface area (TPSA) is 21.7 Å². The van der Waals surface area contributed by atoms with Crippen molar-refractivity contribution in [3.63, 3.8) is 0 Å². The third-order valence-electron chi connectivity index (χ3n) is 3.64. The molecular formula is C17H18ClNO2. The van der Waals surface area contributed by atoms with Gasteiger partial charge in [0.05, 0.1) is 0 Å². The zero-order chi connectivity index (χ0) is 14.7. The van der Waals surface area contributed by atoms with E-state index in [1.165, 1.54) is 5.56 Å². The third-order valence-corrected chi connectivity index (χ3v) is 4.01. The van der Waals surface area contributed by atoms with Gasteiger partial charge in [-0.3, -0.25) is 4.90 Å². The zero-order valence-electron chi connectivity index (χ0n) is 12.0. The van der Waals surface area contributed by atoms with Crippen LogP contribution in [-0.4, -0.2) is 18.2 Å². The smallest absolute Gasteiger partial charge is 0.231 e. The van der Waals surface area contributed by atoms with E-state index >= 15 is 0 Å². The van der Waals surface area contributed by atoms with E-state index in [1.54, 1.807) is 0 Å². The molecule has 1 aliphatic rings. The summed E-state index contributed by atoms with van der Waals surface area (Å²) < 4.78 is 10.8. The fourth-order valence-corrected chi connectivity index (χ4v) is 2.64. The van der Waals surface area contributed by atoms with Crippen molar-refractivity contribution < 1.29 is 9.47 Å². The third kappa shape index (κ3) is 3.31. The first kappa shape index (κ1) is 14.2. The maximum Gasteiger partial charge on any atom is 0.231 e. The van der Waals surface area contributed by atoms with Crippen molar-refractivity contribution in [1.29, 1.82) is 0 Å². The Morgan fingerprint density at radius 3 is 2.67 bits per heavy atom. The van der Waals surface area contributed by atoms with Crippen LogP contribution in [0.1, 0.15) is 18.1 Å². The second-order valence-corrected chi connectivity index (χ2v) is 5.49. The molecule has 3 nitrogen and oxygen atoms in total. The molecule has 110 valence electrons. The molecule has 0 spiro atoms. The average Bonchev–Trinajstić information content (AvgIpc) is 2.96. The molecule has 0 unspecified atom stereocenters. The van der Waals surface area contributed by atoms with Gasteiger partial charge in [-0.1, -0.05) is 42.8 Å². The van der Waals surface area contributed by atoms with Gasteiger partial charge in [-0.05, 0) is 35.9 Å². The van der Waals surface area contributed by atoms with Crippen molar-refractivity contribution >= 4 is 11.6 Å². The molecule has 21 heavy (non-hydrogen) atoms. The average molecular weight is 304 g/mol. The van der Waals surface area contributed by atoms with Crippen LogP contribution in [0.15, 0.2) is 42.5 Å². The van der Waals surface area contributed by atoms with Gasteiger partial charge in [0.2, 0.25) is 6.79 Å². The fraction of sp³-hybridized carbons (Fsp3) is 0.294. The summed E-state index contributed by atoms with van der Waals surface area (Å²) in [5, 5.41) is 0.821. The van der Waals surface area contributed by atoms with Crippen molar-refractivity contribution in [3.8, 4) is 11.5 Å². The molecule has 0 saturated heterocycles. The molecule has 0 bridgehead atoms. The summed E-state index contributed by atoms with van der Waals surface area (Å²) in [6.45, 7) is 5.13. The van der Waals surface area contributed by atoms with Crippen LogP contribution in [0.3, 0.4) is 0 Å². The van der Waals surface area contributed by atoms with Gasteiger partial charge in [-0.2, -0.15) is 0 Å². The van der Waals surface area contributed by atoms with Gasteiger partial charge in [-0.25, -0.2) is 0 Å². The molecule has 0 atom stereocenters. The van der Waals surface area contributed by atoms with E-state index in [1.807, 2.05) is 24.3 Å². The van der Waals surface area contributed by atoms with Crippen LogP contribution in [0.4, 0.5) is 0 Å². The number of rotatable bonds is 5. The van der Waals surface area contributed by atoms with Crippen molar-refractivity contribution in [2.24, 2.45) is 0 Å². The van der Waals surface area contributed by atoms with Crippen LogP contribution in [0, 0.1) is 0 Å². The quantitative estimate of drug-likeness (QED) is 0.830. The van der Waals surface area contributed by atoms with Crippen molar-refractivity contribution in [2.45, 2.75) is 20.0 Å². The number of nitrogens with zero attached hydrogens (tertiary/aromatic N) is 1. The Hall–Kier alpha value is -1.71. The number of hydrogen-bond acceptors (Lipinski definition) is 3. The molecule has 1 heterocycles. The SMILES string of the molecule is CCN(Cc1ccc2c(c1)OCO2)Cc1ccccc1Cl. The van der Waals surface area contributed by atoms with E-state index in [4.69, 9.17) is 21.1 Å². The summed E-state index contributed by atoms with van der Waals surface area (Å²) in [6.07, 6.45) is 0. The first-order valence-electron chi connectivity index (χ1n) is 7.10. The second kappa shape index (κ2) is 6.37. The lowest BCUT2D eigenvalue weighted by Gasteiger charge is -2.21. The predicted octanol–water partition coefficient (Wildman–Crippen LogP) is 4.09. The van der Waals surface area contributed by atoms with Gasteiger partial charge in [0, 0.05) is 18.1 Å². The van der Waals surface area contributed by atoms with Gasteiger partial charge in [0.15, 0.2) is 11.5 Å². The van der Waals surface area contributed by atoms with Crippen molar-refractivity contribution in [3.05, 3.63) is 58.6 Å². The molecule has 0 saturated carbocycles. The Morgan fingerprint density at radius 2 is 1.86 bits per heavy atom. The minimum Gasteiger partial charge on any atom is -0.454 e. The Bertz CT molecular complexity index is 630. The van der Waals surface area contributed by atoms with Gasteiger partial charge >= 0.3 is 0 Å². The van der Waals surface area contributed by atoms with Gasteiger partial charge < -0.3 is 9.47 Å². The Kier molecular flexibility index (Phi) is 4.32. The lowest BCUT2D eigenvalue weighted by Crippen LogP contribution is -2.22. The Morgan fingerprint density at radius 1 is 1.05 bits per heavy atom. The maximum absolute atomic E-state index is 6.24. The highest BCUT2D eigenvalue weighted by Gasteiger charge is 2.14. The number of hydrogen-bond donors (Lipinski definition) is 0. The minimum atomic E-state index is 0.315. The summed E-state index contributed by atoms with van der Waals surface area (Å²) in [6, 6.07) is 14.1. The minimum absolute atomic E-state index is 0.315. The van der Waals surface area contributed by atoms with Crippen molar-refractivity contribution in [2.75, 3.05) is 13.3 Å². The highest BCUT2D eigenvalue weighted by atomic mass is 35.5. The molecule has 0 fully saturated rings. The van der Waals surface area contributed by atoms with Gasteiger partial charge in [0.25, 0.3) is 0 Å². The van der Waals surface area contributed by atoms with Gasteiger partial charge in [-0.15, -0.1) is 0 Å². The first-order chi connectivity index (χ1) is 10.3. The molecular weight excluding hydrogens is 286 g/mol. The monoisotopic (exact) mass is 303 g/mol. The van der Waals surface area contributed by atoms with E-state index in [2.05, 4.69) is 30.0 Å². The van der Waals surface area contributed by atoms with Crippen molar-refractivity contribution in [1.82, 2.24) is 4.90 Å². The molecule has 0 radical (unpaired) electrons. The highest BCUT2D eigenvalue weighted by Crippen LogP contribution is 2.33. The molecule has 0 amide bonds. The van der Waals surface area contributed by atoms with Crippen LogP contribution < -0.4 is 9.47 Å². The summed E-state index contributed by atoms with van der Waals surface area (Å²) in [7, 11) is 0. The largest absolute Gasteiger partial charge is 0.454 e. The van der Waals surface area contributed by atoms with Crippen LogP contribution in [0.25, 0.3) is 0 Å². The molecule has 1 aliphatic heterocycles. The van der Waals surface area contributed by atoms with Crippen LogP contribution in [0.2, 0.25) is 5.02 Å². The molecule has 2 aromatic carbocycles. The maximum atomic E-state index is 6.24. The number of ether oxygens (including phenoxy) is 2. The van der Waals surface area contributed by atoms with Crippen LogP contribution in [-0.2, 0) is 13.1 Å². The molecule has 2 aromatic rings. The number of fused-ring (bicyclic) bond motifs is 1. The predicted molar refractivity (Wildman–Crippen MR) is 83.8 cm³/mol. The summed E-state index contributed by atoms with van der Waals surface area (Å²) in [4.78, 5) is 2.35. The normalized spacial score (nSPS) is 12.9. The molecule has 0 N–H and O–H groups in total. The van der Waals surface area contributed by atoms with E-state index in [9.17, 15) is 0 Å².